The van der Waals surface area contributed by atoms with Crippen molar-refractivity contribution < 1.29 is 4.79 Å². The zero-order chi connectivity index (χ0) is 17.8. The van der Waals surface area contributed by atoms with Gasteiger partial charge in [0.2, 0.25) is 0 Å². The van der Waals surface area contributed by atoms with E-state index in [-0.39, 0.29) is 5.91 Å². The van der Waals surface area contributed by atoms with Crippen LogP contribution in [0, 0.1) is 6.92 Å². The third-order valence-electron chi connectivity index (χ3n) is 4.19. The van der Waals surface area contributed by atoms with Crippen LogP contribution in [0.25, 0.3) is 0 Å². The van der Waals surface area contributed by atoms with Crippen molar-refractivity contribution in [1.82, 2.24) is 9.97 Å². The summed E-state index contributed by atoms with van der Waals surface area (Å²) in [6, 6.07) is 6.82. The molecule has 1 saturated heterocycles. The maximum Gasteiger partial charge on any atom is 0.274 e. The molecule has 0 aliphatic carbocycles. The van der Waals surface area contributed by atoms with Crippen molar-refractivity contribution in [3.8, 4) is 0 Å². The number of halogens is 2. The number of carbonyl (C=O) groups excluding carboxylic acids is 1. The Morgan fingerprint density at radius 2 is 1.72 bits per heavy atom. The molecule has 0 atom stereocenters. The van der Waals surface area contributed by atoms with Crippen LogP contribution in [-0.4, -0.2) is 29.0 Å². The molecule has 1 fully saturated rings. The summed E-state index contributed by atoms with van der Waals surface area (Å²) in [7, 11) is 0. The molecule has 25 heavy (non-hydrogen) atoms. The number of aromatic nitrogens is 2. The van der Waals surface area contributed by atoms with Gasteiger partial charge in [-0.25, -0.2) is 9.97 Å². The Labute approximate surface area is 157 Å². The van der Waals surface area contributed by atoms with Gasteiger partial charge < -0.3 is 10.2 Å². The first-order valence-electron chi connectivity index (χ1n) is 8.40. The largest absolute Gasteiger partial charge is 0.356 e. The maximum atomic E-state index is 12.6. The first-order chi connectivity index (χ1) is 12.0. The van der Waals surface area contributed by atoms with Gasteiger partial charge in [-0.2, -0.15) is 0 Å². The lowest BCUT2D eigenvalue weighted by Crippen LogP contribution is -2.26. The number of benzene rings is 1. The van der Waals surface area contributed by atoms with Crippen molar-refractivity contribution in [3.05, 3.63) is 45.8 Å². The molecule has 132 valence electrons. The number of carbonyl (C=O) groups is 1. The lowest BCUT2D eigenvalue weighted by atomic mass is 10.2. The van der Waals surface area contributed by atoms with Gasteiger partial charge >= 0.3 is 0 Å². The lowest BCUT2D eigenvalue weighted by Gasteiger charge is -2.22. The molecular weight excluding hydrogens is 359 g/mol. The van der Waals surface area contributed by atoms with Crippen LogP contribution in [0.15, 0.2) is 24.3 Å². The number of anilines is 2. The molecule has 5 nitrogen and oxygen atoms in total. The molecule has 0 bridgehead atoms. The second kappa shape index (κ2) is 8.02. The summed E-state index contributed by atoms with van der Waals surface area (Å²) in [5, 5.41) is 3.53. The van der Waals surface area contributed by atoms with Gasteiger partial charge in [0.05, 0.1) is 15.7 Å². The summed E-state index contributed by atoms with van der Waals surface area (Å²) in [6.45, 7) is 3.70. The molecule has 1 aliphatic heterocycles. The van der Waals surface area contributed by atoms with Gasteiger partial charge in [-0.15, -0.1) is 0 Å². The molecule has 0 unspecified atom stereocenters. The van der Waals surface area contributed by atoms with Gasteiger partial charge in [0.15, 0.2) is 0 Å². The molecule has 1 aromatic heterocycles. The van der Waals surface area contributed by atoms with Crippen molar-refractivity contribution in [3.63, 3.8) is 0 Å². The maximum absolute atomic E-state index is 12.6. The van der Waals surface area contributed by atoms with E-state index in [4.69, 9.17) is 23.2 Å². The van der Waals surface area contributed by atoms with Crippen LogP contribution in [0.1, 0.15) is 42.0 Å². The fourth-order valence-electron chi connectivity index (χ4n) is 2.92. The number of nitrogens with one attached hydrogen (secondary N) is 1. The van der Waals surface area contributed by atoms with E-state index in [9.17, 15) is 4.79 Å². The Balaban J connectivity index is 1.85. The van der Waals surface area contributed by atoms with E-state index in [1.54, 1.807) is 31.2 Å². The van der Waals surface area contributed by atoms with Crippen LogP contribution >= 0.6 is 23.2 Å². The standard InChI is InChI=1S/C18H20Cl2N4O/c1-12-21-15(11-16(22-12)24-9-4-2-3-5-10-24)18(25)23-17-13(19)7-6-8-14(17)20/h6-8,11H,2-5,9-10H2,1H3,(H,23,25). The number of hydrogen-bond donors (Lipinski definition) is 1. The van der Waals surface area contributed by atoms with Crippen LogP contribution in [0.3, 0.4) is 0 Å². The van der Waals surface area contributed by atoms with Crippen LogP contribution < -0.4 is 10.2 Å². The zero-order valence-electron chi connectivity index (χ0n) is 14.1. The molecule has 1 N–H and O–H groups in total. The fraction of sp³-hybridized carbons (Fsp3) is 0.389. The molecule has 0 spiro atoms. The highest BCUT2D eigenvalue weighted by molar-refractivity contribution is 6.40. The minimum absolute atomic E-state index is 0.308. The second-order valence-electron chi connectivity index (χ2n) is 6.11. The molecule has 0 radical (unpaired) electrons. The molecule has 0 saturated carbocycles. The minimum atomic E-state index is -0.350. The summed E-state index contributed by atoms with van der Waals surface area (Å²) in [4.78, 5) is 23.6. The Bertz CT molecular complexity index is 753. The minimum Gasteiger partial charge on any atom is -0.356 e. The van der Waals surface area contributed by atoms with Gasteiger partial charge in [0.25, 0.3) is 5.91 Å². The number of para-hydroxylation sites is 1. The second-order valence-corrected chi connectivity index (χ2v) is 6.93. The van der Waals surface area contributed by atoms with Crippen LogP contribution in [0.5, 0.6) is 0 Å². The molecule has 2 heterocycles. The van der Waals surface area contributed by atoms with Crippen molar-refractivity contribution in [2.75, 3.05) is 23.3 Å². The number of rotatable bonds is 3. The summed E-state index contributed by atoms with van der Waals surface area (Å²) >= 11 is 12.2. The molecule has 1 amide bonds. The van der Waals surface area contributed by atoms with E-state index in [0.717, 1.165) is 31.7 Å². The van der Waals surface area contributed by atoms with Crippen molar-refractivity contribution >= 4 is 40.6 Å². The van der Waals surface area contributed by atoms with E-state index in [0.29, 0.717) is 27.3 Å². The normalized spacial score (nSPS) is 14.9. The van der Waals surface area contributed by atoms with Gasteiger partial charge in [0.1, 0.15) is 17.3 Å². The van der Waals surface area contributed by atoms with Crippen molar-refractivity contribution in [1.29, 1.82) is 0 Å². The highest BCUT2D eigenvalue weighted by Gasteiger charge is 2.17. The first-order valence-corrected chi connectivity index (χ1v) is 9.16. The number of nitrogens with zero attached hydrogens (tertiary/aromatic N) is 3. The average molecular weight is 379 g/mol. The number of amides is 1. The monoisotopic (exact) mass is 378 g/mol. The average Bonchev–Trinajstić information content (AvgIpc) is 2.87. The summed E-state index contributed by atoms with van der Waals surface area (Å²) in [6.07, 6.45) is 4.75. The van der Waals surface area contributed by atoms with E-state index in [1.807, 2.05) is 0 Å². The molecule has 1 aliphatic rings. The van der Waals surface area contributed by atoms with Gasteiger partial charge in [-0.1, -0.05) is 42.1 Å². The van der Waals surface area contributed by atoms with Gasteiger partial charge in [0, 0.05) is 19.2 Å². The van der Waals surface area contributed by atoms with Crippen LogP contribution in [0.2, 0.25) is 10.0 Å². The predicted octanol–water partition coefficient (Wildman–Crippen LogP) is 4.72. The van der Waals surface area contributed by atoms with Crippen LogP contribution in [0.4, 0.5) is 11.5 Å². The summed E-state index contributed by atoms with van der Waals surface area (Å²) in [5.41, 5.74) is 0.700. The van der Waals surface area contributed by atoms with Crippen molar-refractivity contribution in [2.45, 2.75) is 32.6 Å². The van der Waals surface area contributed by atoms with E-state index < -0.39 is 0 Å². The zero-order valence-corrected chi connectivity index (χ0v) is 15.6. The molecule has 3 rings (SSSR count). The smallest absolute Gasteiger partial charge is 0.274 e. The highest BCUT2D eigenvalue weighted by Crippen LogP contribution is 2.30. The summed E-state index contributed by atoms with van der Waals surface area (Å²) in [5.74, 6) is 1.01. The Hall–Kier alpha value is -1.85. The molecule has 1 aromatic carbocycles. The molecular formula is C18H20Cl2N4O. The topological polar surface area (TPSA) is 58.1 Å². The third-order valence-corrected chi connectivity index (χ3v) is 4.82. The Kier molecular flexibility index (Phi) is 5.76. The van der Waals surface area contributed by atoms with E-state index in [2.05, 4.69) is 20.2 Å². The SMILES string of the molecule is Cc1nc(C(=O)Nc2c(Cl)cccc2Cl)cc(N2CCCCCC2)n1. The highest BCUT2D eigenvalue weighted by atomic mass is 35.5. The van der Waals surface area contributed by atoms with E-state index >= 15 is 0 Å². The number of hydrogen-bond acceptors (Lipinski definition) is 4. The Morgan fingerprint density at radius 3 is 2.36 bits per heavy atom. The van der Waals surface area contributed by atoms with E-state index in [1.165, 1.54) is 12.8 Å². The van der Waals surface area contributed by atoms with Gasteiger partial charge in [-0.05, 0) is 31.9 Å². The van der Waals surface area contributed by atoms with Gasteiger partial charge in [-0.3, -0.25) is 4.79 Å². The molecule has 7 heteroatoms. The number of aryl methyl sites for hydroxylation is 1. The first kappa shape index (κ1) is 18.0. The van der Waals surface area contributed by atoms with Crippen molar-refractivity contribution in [2.24, 2.45) is 0 Å². The fourth-order valence-corrected chi connectivity index (χ4v) is 3.42. The van der Waals surface area contributed by atoms with Crippen LogP contribution in [-0.2, 0) is 0 Å². The lowest BCUT2D eigenvalue weighted by molar-refractivity contribution is 0.102. The summed E-state index contributed by atoms with van der Waals surface area (Å²) < 4.78 is 0. The molecule has 2 aromatic rings. The predicted molar refractivity (Wildman–Crippen MR) is 102 cm³/mol. The quantitative estimate of drug-likeness (QED) is 0.838. The Morgan fingerprint density at radius 1 is 1.08 bits per heavy atom. The third kappa shape index (κ3) is 4.41.